The van der Waals surface area contributed by atoms with Crippen molar-refractivity contribution in [3.05, 3.63) is 46.5 Å². The third-order valence-electron chi connectivity index (χ3n) is 5.48. The molecule has 0 amide bonds. The fourth-order valence-electron chi connectivity index (χ4n) is 3.67. The predicted molar refractivity (Wildman–Crippen MR) is 132 cm³/mol. The lowest BCUT2D eigenvalue weighted by atomic mass is 9.84. The Labute approximate surface area is 207 Å². The Bertz CT molecular complexity index is 989. The van der Waals surface area contributed by atoms with E-state index >= 15 is 0 Å². The highest BCUT2D eigenvalue weighted by molar-refractivity contribution is 5.67. The maximum Gasteiger partial charge on any atom is 0.513 e. The van der Waals surface area contributed by atoms with Gasteiger partial charge in [0, 0.05) is 28.7 Å². The van der Waals surface area contributed by atoms with Crippen LogP contribution in [0.2, 0.25) is 0 Å². The van der Waals surface area contributed by atoms with E-state index in [0.717, 1.165) is 22.3 Å². The van der Waals surface area contributed by atoms with Crippen LogP contribution in [0, 0.1) is 0 Å². The Balaban J connectivity index is 2.69. The SMILES string of the molecule is COC(=O)Oc1cc(Cc2cc(OC(=O)OC)c(C(C)(C)C)cc2OC)c(OC)cc1C(C)(C)C. The molecule has 0 aromatic heterocycles. The van der Waals surface area contributed by atoms with Crippen LogP contribution in [0.4, 0.5) is 9.59 Å². The van der Waals surface area contributed by atoms with Crippen molar-refractivity contribution in [2.75, 3.05) is 28.4 Å². The van der Waals surface area contributed by atoms with Crippen molar-refractivity contribution >= 4 is 12.3 Å². The van der Waals surface area contributed by atoms with E-state index in [4.69, 9.17) is 28.4 Å². The summed E-state index contributed by atoms with van der Waals surface area (Å²) in [6.07, 6.45) is -1.28. The highest BCUT2D eigenvalue weighted by Crippen LogP contribution is 2.41. The van der Waals surface area contributed by atoms with Gasteiger partial charge >= 0.3 is 12.3 Å². The largest absolute Gasteiger partial charge is 0.513 e. The average molecular weight is 489 g/mol. The summed E-state index contributed by atoms with van der Waals surface area (Å²) in [5.41, 5.74) is 2.39. The van der Waals surface area contributed by atoms with Crippen LogP contribution < -0.4 is 18.9 Å². The molecule has 0 radical (unpaired) electrons. The van der Waals surface area contributed by atoms with Gasteiger partial charge in [-0.15, -0.1) is 0 Å². The molecule has 0 saturated heterocycles. The third kappa shape index (κ3) is 6.81. The van der Waals surface area contributed by atoms with Gasteiger partial charge in [-0.3, -0.25) is 0 Å². The summed E-state index contributed by atoms with van der Waals surface area (Å²) in [6.45, 7) is 12.1. The molecular weight excluding hydrogens is 452 g/mol. The van der Waals surface area contributed by atoms with Crippen LogP contribution in [0.25, 0.3) is 0 Å². The molecule has 0 N–H and O–H groups in total. The van der Waals surface area contributed by atoms with Gasteiger partial charge in [0.05, 0.1) is 28.4 Å². The van der Waals surface area contributed by atoms with E-state index in [2.05, 4.69) is 0 Å². The molecule has 0 atom stereocenters. The van der Waals surface area contributed by atoms with Crippen molar-refractivity contribution in [1.82, 2.24) is 0 Å². The maximum atomic E-state index is 11.9. The Kier molecular flexibility index (Phi) is 8.65. The predicted octanol–water partition coefficient (Wildman–Crippen LogP) is 6.18. The molecule has 0 aliphatic heterocycles. The molecule has 0 heterocycles. The fourth-order valence-corrected chi connectivity index (χ4v) is 3.67. The molecule has 0 aliphatic rings. The normalized spacial score (nSPS) is 11.5. The van der Waals surface area contributed by atoms with Crippen LogP contribution in [0.15, 0.2) is 24.3 Å². The molecule has 0 saturated carbocycles. The van der Waals surface area contributed by atoms with Gasteiger partial charge in [0.15, 0.2) is 0 Å². The second kappa shape index (κ2) is 10.9. The fraction of sp³-hybridized carbons (Fsp3) is 0.481. The summed E-state index contributed by atoms with van der Waals surface area (Å²) in [4.78, 5) is 23.9. The minimum absolute atomic E-state index is 0.331. The number of hydrogen-bond acceptors (Lipinski definition) is 8. The van der Waals surface area contributed by atoms with Crippen molar-refractivity contribution in [1.29, 1.82) is 0 Å². The van der Waals surface area contributed by atoms with E-state index in [1.54, 1.807) is 26.4 Å². The van der Waals surface area contributed by atoms with Gasteiger partial charge < -0.3 is 28.4 Å². The molecule has 0 unspecified atom stereocenters. The zero-order chi connectivity index (χ0) is 26.6. The Morgan fingerprint density at radius 3 is 1.20 bits per heavy atom. The summed E-state index contributed by atoms with van der Waals surface area (Å²) < 4.78 is 31.7. The van der Waals surface area contributed by atoms with Crippen LogP contribution in [0.5, 0.6) is 23.0 Å². The van der Waals surface area contributed by atoms with E-state index < -0.39 is 12.3 Å². The summed E-state index contributed by atoms with van der Waals surface area (Å²) in [7, 11) is 5.68. The molecule has 8 nitrogen and oxygen atoms in total. The van der Waals surface area contributed by atoms with E-state index in [1.807, 2.05) is 53.7 Å². The second-order valence-electron chi connectivity index (χ2n) is 10.1. The first-order valence-electron chi connectivity index (χ1n) is 11.2. The van der Waals surface area contributed by atoms with E-state index in [0.29, 0.717) is 29.4 Å². The van der Waals surface area contributed by atoms with E-state index in [9.17, 15) is 9.59 Å². The van der Waals surface area contributed by atoms with Gasteiger partial charge in [-0.1, -0.05) is 41.5 Å². The molecule has 0 aliphatic carbocycles. The zero-order valence-corrected chi connectivity index (χ0v) is 22.3. The molecule has 2 aromatic rings. The second-order valence-corrected chi connectivity index (χ2v) is 10.1. The van der Waals surface area contributed by atoms with Crippen molar-refractivity contribution in [2.45, 2.75) is 58.8 Å². The summed E-state index contributed by atoms with van der Waals surface area (Å²) >= 11 is 0. The van der Waals surface area contributed by atoms with Crippen LogP contribution >= 0.6 is 0 Å². The van der Waals surface area contributed by atoms with Gasteiger partial charge in [0.2, 0.25) is 0 Å². The Hall–Kier alpha value is -3.42. The summed E-state index contributed by atoms with van der Waals surface area (Å²) in [5, 5.41) is 0. The molecule has 8 heteroatoms. The number of ether oxygens (including phenoxy) is 6. The van der Waals surface area contributed by atoms with Crippen LogP contribution in [0.1, 0.15) is 63.8 Å². The number of methoxy groups -OCH3 is 4. The van der Waals surface area contributed by atoms with E-state index in [1.165, 1.54) is 14.2 Å². The van der Waals surface area contributed by atoms with Gasteiger partial charge in [-0.2, -0.15) is 0 Å². The van der Waals surface area contributed by atoms with Gasteiger partial charge in [0.1, 0.15) is 23.0 Å². The van der Waals surface area contributed by atoms with Crippen molar-refractivity contribution in [2.24, 2.45) is 0 Å². The molecular formula is C27H36O8. The van der Waals surface area contributed by atoms with Crippen LogP contribution in [0.3, 0.4) is 0 Å². The average Bonchev–Trinajstić information content (AvgIpc) is 2.77. The molecule has 2 aromatic carbocycles. The smallest absolute Gasteiger partial charge is 0.496 e. The van der Waals surface area contributed by atoms with Gasteiger partial charge in [-0.05, 0) is 35.1 Å². The molecule has 0 spiro atoms. The Morgan fingerprint density at radius 2 is 0.943 bits per heavy atom. The monoisotopic (exact) mass is 488 g/mol. The highest BCUT2D eigenvalue weighted by atomic mass is 16.7. The van der Waals surface area contributed by atoms with Crippen molar-refractivity contribution < 1.29 is 38.0 Å². The first-order chi connectivity index (χ1) is 16.2. The number of hydrogen-bond donors (Lipinski definition) is 0. The minimum atomic E-state index is -0.813. The maximum absolute atomic E-state index is 11.9. The highest BCUT2D eigenvalue weighted by Gasteiger charge is 2.27. The minimum Gasteiger partial charge on any atom is -0.496 e. The number of rotatable bonds is 6. The van der Waals surface area contributed by atoms with Gasteiger partial charge in [-0.25, -0.2) is 9.59 Å². The lowest BCUT2D eigenvalue weighted by molar-refractivity contribution is 0.119. The van der Waals surface area contributed by atoms with Crippen molar-refractivity contribution in [3.8, 4) is 23.0 Å². The first-order valence-corrected chi connectivity index (χ1v) is 11.2. The molecule has 0 fully saturated rings. The zero-order valence-electron chi connectivity index (χ0n) is 22.3. The molecule has 35 heavy (non-hydrogen) atoms. The quantitative estimate of drug-likeness (QED) is 0.352. The topological polar surface area (TPSA) is 89.5 Å². The van der Waals surface area contributed by atoms with Gasteiger partial charge in [0.25, 0.3) is 0 Å². The lowest BCUT2D eigenvalue weighted by Gasteiger charge is -2.25. The van der Waals surface area contributed by atoms with Crippen LogP contribution in [-0.4, -0.2) is 40.7 Å². The third-order valence-corrected chi connectivity index (χ3v) is 5.48. The molecule has 192 valence electrons. The van der Waals surface area contributed by atoms with E-state index in [-0.39, 0.29) is 10.8 Å². The number of carbonyl (C=O) groups excluding carboxylic acids is 2. The van der Waals surface area contributed by atoms with Crippen molar-refractivity contribution in [3.63, 3.8) is 0 Å². The van der Waals surface area contributed by atoms with Crippen LogP contribution in [-0.2, 0) is 26.7 Å². The summed E-state index contributed by atoms with van der Waals surface area (Å²) in [5.74, 6) is 1.97. The first kappa shape index (κ1) is 27.8. The lowest BCUT2D eigenvalue weighted by Crippen LogP contribution is -2.18. The number of carbonyl (C=O) groups is 2. The summed E-state index contributed by atoms with van der Waals surface area (Å²) in [6, 6.07) is 7.23. The molecule has 2 rings (SSSR count). The standard InChI is InChI=1S/C27H36O8/c1-26(2,3)18-14-20(30-7)16(12-22(18)34-24(28)32-9)11-17-13-23(35-25(29)33-10)19(27(4,5)6)15-21(17)31-8/h12-15H,11H2,1-10H3. The molecule has 0 bridgehead atoms. The Morgan fingerprint density at radius 1 is 0.600 bits per heavy atom. The number of benzene rings is 2.